The van der Waals surface area contributed by atoms with Gasteiger partial charge in [-0.1, -0.05) is 30.3 Å². The summed E-state index contributed by atoms with van der Waals surface area (Å²) in [6.07, 6.45) is 3.64. The van der Waals surface area contributed by atoms with E-state index < -0.39 is 0 Å². The fraction of sp³-hybridized carbons (Fsp3) is 0.556. The summed E-state index contributed by atoms with van der Waals surface area (Å²) in [5, 5.41) is 18.4. The van der Waals surface area contributed by atoms with Crippen LogP contribution >= 0.6 is 0 Å². The molecular weight excluding hydrogens is 290 g/mol. The van der Waals surface area contributed by atoms with Crippen LogP contribution in [0.15, 0.2) is 34.7 Å². The quantitative estimate of drug-likeness (QED) is 0.888. The number of aromatic nitrogens is 2. The van der Waals surface area contributed by atoms with Crippen LogP contribution in [0.4, 0.5) is 0 Å². The van der Waals surface area contributed by atoms with E-state index in [4.69, 9.17) is 4.42 Å². The molecule has 5 heteroatoms. The number of benzene rings is 1. The fourth-order valence-electron chi connectivity index (χ4n) is 3.31. The zero-order valence-corrected chi connectivity index (χ0v) is 13.7. The molecule has 0 aliphatic carbocycles. The van der Waals surface area contributed by atoms with Gasteiger partial charge in [0.25, 0.3) is 0 Å². The summed E-state index contributed by atoms with van der Waals surface area (Å²) in [5.41, 5.74) is 1.04. The highest BCUT2D eigenvalue weighted by Crippen LogP contribution is 2.30. The van der Waals surface area contributed by atoms with Crippen LogP contribution in [0, 0.1) is 12.8 Å². The van der Waals surface area contributed by atoms with Crippen molar-refractivity contribution < 1.29 is 9.52 Å². The summed E-state index contributed by atoms with van der Waals surface area (Å²) in [7, 11) is 0. The van der Waals surface area contributed by atoms with Crippen molar-refractivity contribution in [2.45, 2.75) is 38.7 Å². The van der Waals surface area contributed by atoms with Gasteiger partial charge < -0.3 is 14.4 Å². The number of likely N-dealkylation sites (tertiary alicyclic amines) is 1. The number of piperidine rings is 1. The fourth-order valence-corrected chi connectivity index (χ4v) is 3.31. The molecular formula is C18H25N3O2. The lowest BCUT2D eigenvalue weighted by atomic mass is 9.87. The van der Waals surface area contributed by atoms with Gasteiger partial charge in [0.05, 0.1) is 6.10 Å². The summed E-state index contributed by atoms with van der Waals surface area (Å²) < 4.78 is 5.40. The highest BCUT2D eigenvalue weighted by atomic mass is 16.4. The topological polar surface area (TPSA) is 62.4 Å². The van der Waals surface area contributed by atoms with Gasteiger partial charge in [0, 0.05) is 13.3 Å². The number of aliphatic hydroxyl groups is 1. The van der Waals surface area contributed by atoms with Crippen LogP contribution in [0.2, 0.25) is 0 Å². The lowest BCUT2D eigenvalue weighted by Crippen LogP contribution is -2.36. The Morgan fingerprint density at radius 1 is 1.22 bits per heavy atom. The first-order chi connectivity index (χ1) is 11.2. The van der Waals surface area contributed by atoms with Crippen LogP contribution in [-0.4, -0.2) is 39.8 Å². The van der Waals surface area contributed by atoms with Crippen molar-refractivity contribution in [2.24, 2.45) is 5.92 Å². The van der Waals surface area contributed by atoms with Gasteiger partial charge in [-0.15, -0.1) is 10.2 Å². The van der Waals surface area contributed by atoms with E-state index in [1.54, 1.807) is 0 Å². The third kappa shape index (κ3) is 4.39. The molecule has 1 aliphatic rings. The van der Waals surface area contributed by atoms with Crippen LogP contribution in [0.25, 0.3) is 0 Å². The number of nitrogens with zero attached hydrogens (tertiary/aromatic N) is 3. The van der Waals surface area contributed by atoms with Gasteiger partial charge in [-0.25, -0.2) is 0 Å². The lowest BCUT2D eigenvalue weighted by Gasteiger charge is -2.34. The number of aryl methyl sites for hydroxylation is 2. The Kier molecular flexibility index (Phi) is 5.41. The number of hydrogen-bond acceptors (Lipinski definition) is 5. The van der Waals surface area contributed by atoms with Crippen LogP contribution in [0.5, 0.6) is 0 Å². The molecule has 1 fully saturated rings. The van der Waals surface area contributed by atoms with E-state index in [1.165, 1.54) is 0 Å². The number of hydrogen-bond donors (Lipinski definition) is 1. The van der Waals surface area contributed by atoms with Crippen LogP contribution in [0.3, 0.4) is 0 Å². The van der Waals surface area contributed by atoms with Crippen molar-refractivity contribution in [3.05, 3.63) is 47.7 Å². The molecule has 1 atom stereocenters. The Balaban J connectivity index is 1.40. The molecule has 2 aromatic rings. The minimum atomic E-state index is -0.334. The van der Waals surface area contributed by atoms with Gasteiger partial charge in [-0.3, -0.25) is 0 Å². The van der Waals surface area contributed by atoms with Crippen molar-refractivity contribution in [2.75, 3.05) is 19.6 Å². The zero-order chi connectivity index (χ0) is 16.1. The van der Waals surface area contributed by atoms with Gasteiger partial charge in [0.2, 0.25) is 11.8 Å². The molecule has 0 saturated carbocycles. The SMILES string of the molecule is Cc1nnc(CCCN2CCC(C(O)c3ccccc3)CC2)o1. The molecule has 1 saturated heterocycles. The normalized spacial score (nSPS) is 18.2. The van der Waals surface area contributed by atoms with Crippen LogP contribution < -0.4 is 0 Å². The lowest BCUT2D eigenvalue weighted by molar-refractivity contribution is 0.0585. The highest BCUT2D eigenvalue weighted by Gasteiger charge is 2.25. The van der Waals surface area contributed by atoms with E-state index in [2.05, 4.69) is 15.1 Å². The van der Waals surface area contributed by atoms with E-state index in [0.29, 0.717) is 11.8 Å². The maximum absolute atomic E-state index is 10.5. The first-order valence-electron chi connectivity index (χ1n) is 8.47. The van der Waals surface area contributed by atoms with Gasteiger partial charge >= 0.3 is 0 Å². The molecule has 124 valence electrons. The van der Waals surface area contributed by atoms with Gasteiger partial charge in [0.15, 0.2) is 0 Å². The Morgan fingerprint density at radius 2 is 1.96 bits per heavy atom. The molecule has 1 aromatic heterocycles. The molecule has 5 nitrogen and oxygen atoms in total. The second kappa shape index (κ2) is 7.70. The van der Waals surface area contributed by atoms with Crippen molar-refractivity contribution in [1.29, 1.82) is 0 Å². The minimum absolute atomic E-state index is 0.334. The average molecular weight is 315 g/mol. The van der Waals surface area contributed by atoms with E-state index in [-0.39, 0.29) is 6.10 Å². The number of aliphatic hydroxyl groups excluding tert-OH is 1. The standard InChI is InChI=1S/C18H25N3O2/c1-14-19-20-17(23-14)8-5-11-21-12-9-16(10-13-21)18(22)15-6-3-2-4-7-15/h2-4,6-7,16,18,22H,5,8-13H2,1H3. The van der Waals surface area contributed by atoms with E-state index in [0.717, 1.165) is 56.8 Å². The van der Waals surface area contributed by atoms with E-state index in [9.17, 15) is 5.11 Å². The molecule has 23 heavy (non-hydrogen) atoms. The number of rotatable bonds is 6. The maximum Gasteiger partial charge on any atom is 0.216 e. The van der Waals surface area contributed by atoms with Crippen LogP contribution in [-0.2, 0) is 6.42 Å². The molecule has 3 rings (SSSR count). The molecule has 0 amide bonds. The van der Waals surface area contributed by atoms with Gasteiger partial charge in [-0.05, 0) is 50.4 Å². The van der Waals surface area contributed by atoms with Gasteiger partial charge in [-0.2, -0.15) is 0 Å². The molecule has 0 spiro atoms. The molecule has 1 aliphatic heterocycles. The Bertz CT molecular complexity index is 591. The summed E-state index contributed by atoms with van der Waals surface area (Å²) in [4.78, 5) is 2.47. The summed E-state index contributed by atoms with van der Waals surface area (Å²) in [6, 6.07) is 10.0. The second-order valence-electron chi connectivity index (χ2n) is 6.35. The van der Waals surface area contributed by atoms with Crippen molar-refractivity contribution in [1.82, 2.24) is 15.1 Å². The van der Waals surface area contributed by atoms with Crippen molar-refractivity contribution in [3.63, 3.8) is 0 Å². The summed E-state index contributed by atoms with van der Waals surface area (Å²) in [6.45, 7) is 4.98. The predicted molar refractivity (Wildman–Crippen MR) is 87.9 cm³/mol. The van der Waals surface area contributed by atoms with Crippen LogP contribution in [0.1, 0.15) is 42.7 Å². The maximum atomic E-state index is 10.5. The first-order valence-corrected chi connectivity index (χ1v) is 8.47. The largest absolute Gasteiger partial charge is 0.426 e. The van der Waals surface area contributed by atoms with Crippen molar-refractivity contribution in [3.8, 4) is 0 Å². The molecule has 0 bridgehead atoms. The van der Waals surface area contributed by atoms with E-state index in [1.807, 2.05) is 37.3 Å². The third-order valence-electron chi connectivity index (χ3n) is 4.65. The smallest absolute Gasteiger partial charge is 0.216 e. The first kappa shape index (κ1) is 16.1. The van der Waals surface area contributed by atoms with Crippen molar-refractivity contribution >= 4 is 0 Å². The Hall–Kier alpha value is -1.72. The summed E-state index contributed by atoms with van der Waals surface area (Å²) >= 11 is 0. The second-order valence-corrected chi connectivity index (χ2v) is 6.35. The molecule has 1 N–H and O–H groups in total. The Morgan fingerprint density at radius 3 is 2.61 bits per heavy atom. The predicted octanol–water partition coefficient (Wildman–Crippen LogP) is 2.76. The molecule has 0 radical (unpaired) electrons. The van der Waals surface area contributed by atoms with Gasteiger partial charge in [0.1, 0.15) is 0 Å². The Labute approximate surface area is 137 Å². The minimum Gasteiger partial charge on any atom is -0.426 e. The molecule has 1 unspecified atom stereocenters. The third-order valence-corrected chi connectivity index (χ3v) is 4.65. The average Bonchev–Trinajstić information content (AvgIpc) is 3.01. The van der Waals surface area contributed by atoms with E-state index >= 15 is 0 Å². The molecule has 1 aromatic carbocycles. The zero-order valence-electron chi connectivity index (χ0n) is 13.7. The summed E-state index contributed by atoms with van der Waals surface area (Å²) in [5.74, 6) is 1.74. The molecule has 2 heterocycles. The monoisotopic (exact) mass is 315 g/mol. The highest BCUT2D eigenvalue weighted by molar-refractivity contribution is 5.18.